The predicted octanol–water partition coefficient (Wildman–Crippen LogP) is 2.90. The largest absolute Gasteiger partial charge is 0.464 e. The van der Waals surface area contributed by atoms with E-state index in [0.29, 0.717) is 6.04 Å². The van der Waals surface area contributed by atoms with Gasteiger partial charge in [-0.05, 0) is 37.4 Å². The third kappa shape index (κ3) is 2.01. The molecule has 0 bridgehead atoms. The molecule has 0 aliphatic carbocycles. The van der Waals surface area contributed by atoms with E-state index in [1.165, 1.54) is 12.8 Å². The summed E-state index contributed by atoms with van der Waals surface area (Å²) in [5.41, 5.74) is 0. The van der Waals surface area contributed by atoms with E-state index in [1.54, 1.807) is 0 Å². The highest BCUT2D eigenvalue weighted by Crippen LogP contribution is 2.28. The third-order valence-electron chi connectivity index (χ3n) is 3.04. The standard InChI is InChI=1S/C12H19NO/c1-3-10-4-5-12(14-10)11-8-9(2)6-7-13-11/h4-5,9,11,13H,3,6-8H2,1-2H3/t9-,11+/m0/s1. The van der Waals surface area contributed by atoms with Crippen LogP contribution in [0.1, 0.15) is 44.3 Å². The summed E-state index contributed by atoms with van der Waals surface area (Å²) in [6, 6.07) is 4.66. The zero-order valence-electron chi connectivity index (χ0n) is 9.05. The lowest BCUT2D eigenvalue weighted by atomic mass is 9.93. The minimum absolute atomic E-state index is 0.444. The maximum atomic E-state index is 5.76. The minimum atomic E-state index is 0.444. The molecule has 0 radical (unpaired) electrons. The lowest BCUT2D eigenvalue weighted by molar-refractivity contribution is 0.285. The molecule has 1 aromatic rings. The summed E-state index contributed by atoms with van der Waals surface area (Å²) in [7, 11) is 0. The molecule has 1 aromatic heterocycles. The molecular formula is C12H19NO. The first kappa shape index (κ1) is 9.78. The fraction of sp³-hybridized carbons (Fsp3) is 0.667. The van der Waals surface area contributed by atoms with Gasteiger partial charge in [0.05, 0.1) is 6.04 Å². The Morgan fingerprint density at radius 2 is 2.36 bits per heavy atom. The topological polar surface area (TPSA) is 25.2 Å². The first-order valence-electron chi connectivity index (χ1n) is 5.61. The van der Waals surface area contributed by atoms with Gasteiger partial charge in [0.15, 0.2) is 0 Å². The molecule has 1 aliphatic rings. The Morgan fingerprint density at radius 3 is 3.00 bits per heavy atom. The number of hydrogen-bond acceptors (Lipinski definition) is 2. The van der Waals surface area contributed by atoms with E-state index in [1.807, 2.05) is 0 Å². The zero-order chi connectivity index (χ0) is 9.97. The van der Waals surface area contributed by atoms with Gasteiger partial charge in [-0.15, -0.1) is 0 Å². The lowest BCUT2D eigenvalue weighted by Gasteiger charge is -2.26. The molecule has 2 nitrogen and oxygen atoms in total. The fourth-order valence-corrected chi connectivity index (χ4v) is 2.10. The first-order valence-corrected chi connectivity index (χ1v) is 5.61. The highest BCUT2D eigenvalue weighted by molar-refractivity contribution is 5.11. The van der Waals surface area contributed by atoms with Gasteiger partial charge in [-0.3, -0.25) is 0 Å². The normalized spacial score (nSPS) is 27.9. The third-order valence-corrected chi connectivity index (χ3v) is 3.04. The van der Waals surface area contributed by atoms with Gasteiger partial charge in [0.2, 0.25) is 0 Å². The van der Waals surface area contributed by atoms with Crippen LogP contribution in [0, 0.1) is 5.92 Å². The van der Waals surface area contributed by atoms with Gasteiger partial charge < -0.3 is 9.73 Å². The average Bonchev–Trinajstić information content (AvgIpc) is 2.66. The fourth-order valence-electron chi connectivity index (χ4n) is 2.10. The molecule has 14 heavy (non-hydrogen) atoms. The van der Waals surface area contributed by atoms with Crippen LogP contribution in [-0.4, -0.2) is 6.54 Å². The van der Waals surface area contributed by atoms with Crippen LogP contribution in [0.15, 0.2) is 16.5 Å². The maximum Gasteiger partial charge on any atom is 0.121 e. The van der Waals surface area contributed by atoms with Gasteiger partial charge in [0.1, 0.15) is 11.5 Å². The number of furan rings is 1. The van der Waals surface area contributed by atoms with E-state index in [4.69, 9.17) is 4.42 Å². The van der Waals surface area contributed by atoms with Crippen LogP contribution in [0.2, 0.25) is 0 Å². The second-order valence-corrected chi connectivity index (χ2v) is 4.29. The van der Waals surface area contributed by atoms with Crippen LogP contribution < -0.4 is 5.32 Å². The molecule has 2 rings (SSSR count). The van der Waals surface area contributed by atoms with Crippen LogP contribution in [-0.2, 0) is 6.42 Å². The Balaban J connectivity index is 2.06. The van der Waals surface area contributed by atoms with Gasteiger partial charge in [-0.2, -0.15) is 0 Å². The number of aryl methyl sites for hydroxylation is 1. The van der Waals surface area contributed by atoms with Gasteiger partial charge in [-0.25, -0.2) is 0 Å². The van der Waals surface area contributed by atoms with Crippen LogP contribution in [0.3, 0.4) is 0 Å². The Kier molecular flexibility index (Phi) is 2.92. The van der Waals surface area contributed by atoms with Gasteiger partial charge in [0.25, 0.3) is 0 Å². The molecule has 0 aromatic carbocycles. The molecule has 2 atom stereocenters. The predicted molar refractivity (Wildman–Crippen MR) is 57.2 cm³/mol. The Hall–Kier alpha value is -0.760. The summed E-state index contributed by atoms with van der Waals surface area (Å²) in [6.45, 7) is 5.56. The molecule has 0 spiro atoms. The summed E-state index contributed by atoms with van der Waals surface area (Å²) in [4.78, 5) is 0. The SMILES string of the molecule is CCc1ccc([C@H]2C[C@@H](C)CCN2)o1. The summed E-state index contributed by atoms with van der Waals surface area (Å²) in [6.07, 6.45) is 3.48. The Labute approximate surface area is 85.7 Å². The number of hydrogen-bond donors (Lipinski definition) is 1. The van der Waals surface area contributed by atoms with Crippen molar-refractivity contribution < 1.29 is 4.42 Å². The summed E-state index contributed by atoms with van der Waals surface area (Å²) < 4.78 is 5.76. The second-order valence-electron chi connectivity index (χ2n) is 4.29. The first-order chi connectivity index (χ1) is 6.79. The van der Waals surface area contributed by atoms with Crippen LogP contribution in [0.5, 0.6) is 0 Å². The summed E-state index contributed by atoms with van der Waals surface area (Å²) in [5, 5.41) is 3.51. The highest BCUT2D eigenvalue weighted by atomic mass is 16.3. The Bertz CT molecular complexity index is 292. The van der Waals surface area contributed by atoms with Crippen molar-refractivity contribution >= 4 is 0 Å². The van der Waals surface area contributed by atoms with Crippen molar-refractivity contribution in [3.05, 3.63) is 23.7 Å². The molecule has 0 saturated carbocycles. The van der Waals surface area contributed by atoms with E-state index in [-0.39, 0.29) is 0 Å². The van der Waals surface area contributed by atoms with Crippen LogP contribution in [0.25, 0.3) is 0 Å². The smallest absolute Gasteiger partial charge is 0.121 e. The molecule has 1 saturated heterocycles. The van der Waals surface area contributed by atoms with E-state index in [0.717, 1.165) is 30.4 Å². The van der Waals surface area contributed by atoms with Gasteiger partial charge in [-0.1, -0.05) is 13.8 Å². The molecule has 1 N–H and O–H groups in total. The monoisotopic (exact) mass is 193 g/mol. The molecule has 2 heterocycles. The van der Waals surface area contributed by atoms with E-state index in [9.17, 15) is 0 Å². The second kappa shape index (κ2) is 4.18. The summed E-state index contributed by atoms with van der Waals surface area (Å²) >= 11 is 0. The van der Waals surface area contributed by atoms with Crippen molar-refractivity contribution in [2.75, 3.05) is 6.54 Å². The summed E-state index contributed by atoms with van der Waals surface area (Å²) in [5.74, 6) is 3.03. The molecular weight excluding hydrogens is 174 g/mol. The van der Waals surface area contributed by atoms with E-state index < -0.39 is 0 Å². The quantitative estimate of drug-likeness (QED) is 0.781. The average molecular weight is 193 g/mol. The van der Waals surface area contributed by atoms with Crippen molar-refractivity contribution in [3.8, 4) is 0 Å². The van der Waals surface area contributed by atoms with Crippen molar-refractivity contribution in [1.82, 2.24) is 5.32 Å². The molecule has 78 valence electrons. The van der Waals surface area contributed by atoms with Crippen molar-refractivity contribution in [1.29, 1.82) is 0 Å². The van der Waals surface area contributed by atoms with Crippen molar-refractivity contribution in [2.45, 2.75) is 39.2 Å². The number of nitrogens with one attached hydrogen (secondary N) is 1. The zero-order valence-corrected chi connectivity index (χ0v) is 9.05. The van der Waals surface area contributed by atoms with Gasteiger partial charge in [0, 0.05) is 6.42 Å². The molecule has 1 aliphatic heterocycles. The van der Waals surface area contributed by atoms with Crippen LogP contribution in [0.4, 0.5) is 0 Å². The minimum Gasteiger partial charge on any atom is -0.464 e. The van der Waals surface area contributed by atoms with E-state index in [2.05, 4.69) is 31.3 Å². The number of rotatable bonds is 2. The van der Waals surface area contributed by atoms with Gasteiger partial charge >= 0.3 is 0 Å². The highest BCUT2D eigenvalue weighted by Gasteiger charge is 2.21. The molecule has 2 heteroatoms. The molecule has 1 fully saturated rings. The number of piperidine rings is 1. The molecule has 0 amide bonds. The lowest BCUT2D eigenvalue weighted by Crippen LogP contribution is -2.30. The van der Waals surface area contributed by atoms with Crippen LogP contribution >= 0.6 is 0 Å². The van der Waals surface area contributed by atoms with Crippen molar-refractivity contribution in [2.24, 2.45) is 5.92 Å². The van der Waals surface area contributed by atoms with E-state index >= 15 is 0 Å². The maximum absolute atomic E-state index is 5.76. The van der Waals surface area contributed by atoms with Crippen molar-refractivity contribution in [3.63, 3.8) is 0 Å². The Morgan fingerprint density at radius 1 is 1.50 bits per heavy atom. The molecule has 0 unspecified atom stereocenters.